The molecule has 0 radical (unpaired) electrons. The van der Waals surface area contributed by atoms with Crippen LogP contribution in [0.15, 0.2) is 0 Å². The van der Waals surface area contributed by atoms with Crippen molar-refractivity contribution in [2.24, 2.45) is 0 Å². The van der Waals surface area contributed by atoms with Gasteiger partial charge in [-0.2, -0.15) is 8.60 Å². The van der Waals surface area contributed by atoms with Crippen molar-refractivity contribution >= 4 is 8.60 Å². The Kier molecular flexibility index (Phi) is 14.7. The molecule has 0 unspecified atom stereocenters. The summed E-state index contributed by atoms with van der Waals surface area (Å²) in [6.07, 6.45) is -0.221. The summed E-state index contributed by atoms with van der Waals surface area (Å²) in [5.74, 6) is 0. The molecule has 0 heterocycles. The standard InChI is InChI=1S/C3H7O3P.2H3N/c1-3(2)6-7(4)5;;/h3H,1-2H3;2*1H3/q-2;;/p+2. The van der Waals surface area contributed by atoms with E-state index in [4.69, 9.17) is 0 Å². The second kappa shape index (κ2) is 8.23. The molecule has 6 heteroatoms. The van der Waals surface area contributed by atoms with Crippen molar-refractivity contribution in [3.8, 4) is 0 Å². The average molecular weight is 158 g/mol. The summed E-state index contributed by atoms with van der Waals surface area (Å²) in [5, 5.41) is 0. The van der Waals surface area contributed by atoms with Crippen LogP contribution in [-0.4, -0.2) is 6.10 Å². The summed E-state index contributed by atoms with van der Waals surface area (Å²) in [6, 6.07) is 0. The molecule has 0 aliphatic heterocycles. The normalized spacial score (nSPS) is 8.67. The van der Waals surface area contributed by atoms with Gasteiger partial charge in [-0.3, -0.25) is 0 Å². The fourth-order valence-corrected chi connectivity index (χ4v) is 0.516. The maximum absolute atomic E-state index is 9.62. The lowest BCUT2D eigenvalue weighted by molar-refractivity contribution is -0.320. The number of quaternary nitrogens is 2. The third-order valence-electron chi connectivity index (χ3n) is 0.297. The zero-order valence-corrected chi connectivity index (χ0v) is 7.14. The van der Waals surface area contributed by atoms with Crippen molar-refractivity contribution in [2.75, 3.05) is 0 Å². The molecule has 0 atom stereocenters. The first-order chi connectivity index (χ1) is 3.13. The molecule has 5 nitrogen and oxygen atoms in total. The topological polar surface area (TPSA) is 128 Å². The SMILES string of the molecule is CC(C)OP([O-])[O-].[NH4+].[NH4+]. The second-order valence-corrected chi connectivity index (χ2v) is 2.04. The first kappa shape index (κ1) is 16.1. The monoisotopic (exact) mass is 158 g/mol. The zero-order chi connectivity index (χ0) is 5.86. The molecular formula is C3H15N2O3P. The molecule has 0 aliphatic rings. The Balaban J connectivity index is -0.000000180. The third kappa shape index (κ3) is 17.9. The van der Waals surface area contributed by atoms with Crippen LogP contribution < -0.4 is 22.1 Å². The molecule has 0 aromatic rings. The molecule has 0 saturated heterocycles. The van der Waals surface area contributed by atoms with Crippen LogP contribution in [0.5, 0.6) is 0 Å². The smallest absolute Gasteiger partial charge is 0.0528 e. The van der Waals surface area contributed by atoms with E-state index < -0.39 is 8.60 Å². The van der Waals surface area contributed by atoms with Crippen LogP contribution >= 0.6 is 8.60 Å². The number of hydrogen-bond donors (Lipinski definition) is 2. The van der Waals surface area contributed by atoms with Gasteiger partial charge in [0.1, 0.15) is 0 Å². The fourth-order valence-electron chi connectivity index (χ4n) is 0.172. The Labute approximate surface area is 56.2 Å². The van der Waals surface area contributed by atoms with Crippen molar-refractivity contribution < 1.29 is 14.3 Å². The highest BCUT2D eigenvalue weighted by atomic mass is 31.2. The van der Waals surface area contributed by atoms with Crippen LogP contribution in [0.4, 0.5) is 0 Å². The van der Waals surface area contributed by atoms with Gasteiger partial charge in [-0.05, 0) is 13.8 Å². The molecule has 60 valence electrons. The summed E-state index contributed by atoms with van der Waals surface area (Å²) in [7, 11) is -2.64. The van der Waals surface area contributed by atoms with Crippen molar-refractivity contribution in [3.63, 3.8) is 0 Å². The van der Waals surface area contributed by atoms with E-state index in [1.807, 2.05) is 0 Å². The second-order valence-electron chi connectivity index (χ2n) is 1.38. The number of hydrogen-bond acceptors (Lipinski definition) is 3. The van der Waals surface area contributed by atoms with Crippen LogP contribution in [0, 0.1) is 0 Å². The Morgan fingerprint density at radius 1 is 1.22 bits per heavy atom. The Morgan fingerprint density at radius 2 is 1.56 bits per heavy atom. The van der Waals surface area contributed by atoms with E-state index in [1.165, 1.54) is 0 Å². The maximum atomic E-state index is 9.62. The van der Waals surface area contributed by atoms with Crippen LogP contribution in [0.1, 0.15) is 13.8 Å². The van der Waals surface area contributed by atoms with E-state index in [2.05, 4.69) is 4.52 Å². The van der Waals surface area contributed by atoms with E-state index in [0.717, 1.165) is 0 Å². The summed E-state index contributed by atoms with van der Waals surface area (Å²) in [4.78, 5) is 19.2. The lowest BCUT2D eigenvalue weighted by Crippen LogP contribution is -2.14. The molecule has 9 heavy (non-hydrogen) atoms. The molecule has 0 spiro atoms. The molecule has 0 aromatic carbocycles. The minimum atomic E-state index is -2.64. The lowest BCUT2D eigenvalue weighted by Gasteiger charge is -2.31. The molecule has 0 rings (SSSR count). The van der Waals surface area contributed by atoms with Gasteiger partial charge >= 0.3 is 0 Å². The summed E-state index contributed by atoms with van der Waals surface area (Å²) < 4.78 is 4.20. The third-order valence-corrected chi connectivity index (χ3v) is 0.891. The van der Waals surface area contributed by atoms with Gasteiger partial charge in [0.2, 0.25) is 0 Å². The van der Waals surface area contributed by atoms with Gasteiger partial charge < -0.3 is 26.6 Å². The molecule has 0 fully saturated rings. The zero-order valence-electron chi connectivity index (χ0n) is 6.25. The molecule has 0 amide bonds. The fraction of sp³-hybridized carbons (Fsp3) is 1.00. The molecule has 0 aromatic heterocycles. The van der Waals surface area contributed by atoms with Crippen molar-refractivity contribution in [2.45, 2.75) is 20.0 Å². The largest absolute Gasteiger partial charge is 0.820 e. The molecule has 0 aliphatic carbocycles. The van der Waals surface area contributed by atoms with E-state index >= 15 is 0 Å². The van der Waals surface area contributed by atoms with Gasteiger partial charge in [-0.1, -0.05) is 0 Å². The molecule has 8 N–H and O–H groups in total. The van der Waals surface area contributed by atoms with Gasteiger partial charge in [-0.15, -0.1) is 0 Å². The van der Waals surface area contributed by atoms with Crippen molar-refractivity contribution in [1.82, 2.24) is 12.3 Å². The lowest BCUT2D eigenvalue weighted by atomic mass is 10.5. The molecular weight excluding hydrogens is 143 g/mol. The van der Waals surface area contributed by atoms with Gasteiger partial charge in [-0.25, -0.2) is 0 Å². The van der Waals surface area contributed by atoms with Gasteiger partial charge in [0.15, 0.2) is 0 Å². The minimum absolute atomic E-state index is 0. The van der Waals surface area contributed by atoms with Crippen molar-refractivity contribution in [1.29, 1.82) is 0 Å². The Morgan fingerprint density at radius 3 is 1.56 bits per heavy atom. The maximum Gasteiger partial charge on any atom is 0.0528 e. The van der Waals surface area contributed by atoms with Crippen LogP contribution in [0.25, 0.3) is 0 Å². The summed E-state index contributed by atoms with van der Waals surface area (Å²) in [5.41, 5.74) is 0. The highest BCUT2D eigenvalue weighted by Crippen LogP contribution is 2.15. The van der Waals surface area contributed by atoms with Gasteiger partial charge in [0.25, 0.3) is 0 Å². The quantitative estimate of drug-likeness (QED) is 0.553. The van der Waals surface area contributed by atoms with Crippen LogP contribution in [0.2, 0.25) is 0 Å². The molecule has 0 saturated carbocycles. The Bertz CT molecular complexity index is 46.3. The predicted molar refractivity (Wildman–Crippen MR) is 35.1 cm³/mol. The predicted octanol–water partition coefficient (Wildman–Crippen LogP) is 0.111. The van der Waals surface area contributed by atoms with Gasteiger partial charge in [0, 0.05) is 0 Å². The van der Waals surface area contributed by atoms with E-state index in [-0.39, 0.29) is 18.4 Å². The van der Waals surface area contributed by atoms with Gasteiger partial charge in [0.05, 0.1) is 6.10 Å². The van der Waals surface area contributed by atoms with E-state index in [1.54, 1.807) is 13.8 Å². The average Bonchev–Trinajstić information content (AvgIpc) is 1.27. The van der Waals surface area contributed by atoms with E-state index in [0.29, 0.717) is 0 Å². The number of rotatable bonds is 2. The Hall–Kier alpha value is 0.230. The first-order valence-corrected chi connectivity index (χ1v) is 3.03. The highest BCUT2D eigenvalue weighted by molar-refractivity contribution is 7.36. The van der Waals surface area contributed by atoms with Crippen LogP contribution in [0.3, 0.4) is 0 Å². The van der Waals surface area contributed by atoms with Crippen LogP contribution in [-0.2, 0) is 4.52 Å². The van der Waals surface area contributed by atoms with Crippen molar-refractivity contribution in [3.05, 3.63) is 0 Å². The highest BCUT2D eigenvalue weighted by Gasteiger charge is 1.83. The summed E-state index contributed by atoms with van der Waals surface area (Å²) >= 11 is 0. The van der Waals surface area contributed by atoms with E-state index in [9.17, 15) is 9.79 Å². The summed E-state index contributed by atoms with van der Waals surface area (Å²) in [6.45, 7) is 3.32. The first-order valence-electron chi connectivity index (χ1n) is 1.94. The molecule has 0 bridgehead atoms. The minimum Gasteiger partial charge on any atom is -0.820 e.